The van der Waals surface area contributed by atoms with Crippen molar-refractivity contribution in [1.29, 1.82) is 0 Å². The molecule has 1 aromatic rings. The Labute approximate surface area is 96.8 Å². The van der Waals surface area contributed by atoms with Crippen LogP contribution in [0, 0.1) is 15.9 Å². The zero-order valence-electron chi connectivity index (χ0n) is 9.14. The van der Waals surface area contributed by atoms with Gasteiger partial charge in [0, 0.05) is 24.2 Å². The molecule has 0 aliphatic carbocycles. The van der Waals surface area contributed by atoms with Crippen molar-refractivity contribution in [3.63, 3.8) is 0 Å². The van der Waals surface area contributed by atoms with Crippen LogP contribution in [0.2, 0.25) is 0 Å². The number of carbonyl (C=O) groups is 1. The second-order valence-corrected chi connectivity index (χ2v) is 3.57. The smallest absolute Gasteiger partial charge is 0.273 e. The second-order valence-electron chi connectivity index (χ2n) is 3.57. The Bertz CT molecular complexity index is 450. The van der Waals surface area contributed by atoms with E-state index in [2.05, 4.69) is 5.32 Å². The first-order chi connectivity index (χ1) is 7.93. The molecule has 1 amide bonds. The molecule has 1 atom stereocenters. The third-order valence-corrected chi connectivity index (χ3v) is 2.09. The lowest BCUT2D eigenvalue weighted by Gasteiger charge is -2.11. The van der Waals surface area contributed by atoms with Crippen LogP contribution in [0.5, 0.6) is 0 Å². The quantitative estimate of drug-likeness (QED) is 0.602. The molecule has 92 valence electrons. The van der Waals surface area contributed by atoms with E-state index in [9.17, 15) is 19.3 Å². The molecular weight excluding hydrogens is 229 g/mol. The number of nitrogens with zero attached hydrogens (tertiary/aromatic N) is 1. The highest BCUT2D eigenvalue weighted by molar-refractivity contribution is 5.95. The van der Waals surface area contributed by atoms with Gasteiger partial charge in [-0.25, -0.2) is 4.39 Å². The first kappa shape index (κ1) is 13.0. The molecule has 0 unspecified atom stereocenters. The van der Waals surface area contributed by atoms with Gasteiger partial charge >= 0.3 is 0 Å². The number of rotatable bonds is 4. The Morgan fingerprint density at radius 2 is 2.24 bits per heavy atom. The minimum atomic E-state index is -0.829. The molecule has 0 radical (unpaired) electrons. The number of nitro groups is 1. The van der Waals surface area contributed by atoms with E-state index in [0.29, 0.717) is 0 Å². The highest BCUT2D eigenvalue weighted by Crippen LogP contribution is 2.16. The van der Waals surface area contributed by atoms with Crippen LogP contribution in [0.4, 0.5) is 10.1 Å². The minimum absolute atomic E-state index is 0.1000. The van der Waals surface area contributed by atoms with E-state index in [1.54, 1.807) is 6.92 Å². The number of non-ortho nitro benzene ring substituents is 1. The summed E-state index contributed by atoms with van der Waals surface area (Å²) in [6.07, 6.45) is 0. The van der Waals surface area contributed by atoms with E-state index in [0.717, 1.165) is 18.2 Å². The minimum Gasteiger partial charge on any atom is -0.348 e. The van der Waals surface area contributed by atoms with Crippen molar-refractivity contribution in [2.75, 3.05) is 6.54 Å². The molecule has 6 nitrogen and oxygen atoms in total. The van der Waals surface area contributed by atoms with Crippen LogP contribution >= 0.6 is 0 Å². The van der Waals surface area contributed by atoms with Gasteiger partial charge in [0.2, 0.25) is 0 Å². The number of nitro benzene ring substituents is 1. The number of nitrogens with one attached hydrogen (secondary N) is 1. The topological polar surface area (TPSA) is 98.3 Å². The molecule has 1 aromatic carbocycles. The highest BCUT2D eigenvalue weighted by Gasteiger charge is 2.15. The number of amides is 1. The Kier molecular flexibility index (Phi) is 4.11. The summed E-state index contributed by atoms with van der Waals surface area (Å²) in [6, 6.07) is 2.42. The Morgan fingerprint density at radius 1 is 1.59 bits per heavy atom. The van der Waals surface area contributed by atoms with Crippen LogP contribution in [0.15, 0.2) is 18.2 Å². The predicted molar refractivity (Wildman–Crippen MR) is 59.0 cm³/mol. The van der Waals surface area contributed by atoms with Crippen LogP contribution in [-0.2, 0) is 0 Å². The Hall–Kier alpha value is -2.02. The molecule has 0 aliphatic heterocycles. The largest absolute Gasteiger partial charge is 0.348 e. The van der Waals surface area contributed by atoms with Gasteiger partial charge in [-0.3, -0.25) is 14.9 Å². The molecule has 0 bridgehead atoms. The summed E-state index contributed by atoms with van der Waals surface area (Å²) in [5.74, 6) is -1.42. The van der Waals surface area contributed by atoms with Crippen molar-refractivity contribution in [3.8, 4) is 0 Å². The van der Waals surface area contributed by atoms with Gasteiger partial charge in [0.15, 0.2) is 0 Å². The lowest BCUT2D eigenvalue weighted by molar-refractivity contribution is -0.385. The number of halogens is 1. The summed E-state index contributed by atoms with van der Waals surface area (Å²) in [6.45, 7) is 1.90. The number of hydrogen-bond acceptors (Lipinski definition) is 4. The fourth-order valence-corrected chi connectivity index (χ4v) is 1.18. The van der Waals surface area contributed by atoms with Crippen molar-refractivity contribution in [3.05, 3.63) is 39.7 Å². The fraction of sp³-hybridized carbons (Fsp3) is 0.300. The first-order valence-electron chi connectivity index (χ1n) is 4.90. The molecule has 0 aliphatic rings. The second kappa shape index (κ2) is 5.35. The number of hydrogen-bond donors (Lipinski definition) is 2. The standard InChI is InChI=1S/C10H12FN3O3/c1-6(5-12)13-10(15)7-2-8(11)4-9(3-7)14(16)17/h2-4,6H,5,12H2,1H3,(H,13,15)/t6-/m1/s1. The van der Waals surface area contributed by atoms with E-state index < -0.39 is 22.3 Å². The average molecular weight is 241 g/mol. The molecule has 0 saturated heterocycles. The van der Waals surface area contributed by atoms with Crippen molar-refractivity contribution in [2.45, 2.75) is 13.0 Å². The fourth-order valence-electron chi connectivity index (χ4n) is 1.18. The third kappa shape index (κ3) is 3.49. The van der Waals surface area contributed by atoms with Crippen LogP contribution in [0.25, 0.3) is 0 Å². The monoisotopic (exact) mass is 241 g/mol. The SMILES string of the molecule is C[C@H](CN)NC(=O)c1cc(F)cc([N+](=O)[O-])c1. The highest BCUT2D eigenvalue weighted by atomic mass is 19.1. The maximum absolute atomic E-state index is 13.1. The van der Waals surface area contributed by atoms with Gasteiger partial charge in [-0.1, -0.05) is 0 Å². The molecule has 0 spiro atoms. The predicted octanol–water partition coefficient (Wildman–Crippen LogP) is 0.811. The number of nitrogens with two attached hydrogens (primary N) is 1. The summed E-state index contributed by atoms with van der Waals surface area (Å²) in [7, 11) is 0. The van der Waals surface area contributed by atoms with Crippen molar-refractivity contribution in [2.24, 2.45) is 5.73 Å². The first-order valence-corrected chi connectivity index (χ1v) is 4.90. The molecule has 0 saturated carbocycles. The Morgan fingerprint density at radius 3 is 2.76 bits per heavy atom. The van der Waals surface area contributed by atoms with E-state index in [-0.39, 0.29) is 18.2 Å². The zero-order valence-corrected chi connectivity index (χ0v) is 9.14. The maximum Gasteiger partial charge on any atom is 0.273 e. The molecular formula is C10H12FN3O3. The number of carbonyl (C=O) groups excluding carboxylic acids is 1. The van der Waals surface area contributed by atoms with Crippen molar-refractivity contribution in [1.82, 2.24) is 5.32 Å². The summed E-state index contributed by atoms with van der Waals surface area (Å²) in [5.41, 5.74) is 4.75. The molecule has 0 aromatic heterocycles. The van der Waals surface area contributed by atoms with Gasteiger partial charge in [-0.2, -0.15) is 0 Å². The van der Waals surface area contributed by atoms with E-state index in [4.69, 9.17) is 5.73 Å². The third-order valence-electron chi connectivity index (χ3n) is 2.09. The van der Waals surface area contributed by atoms with Gasteiger partial charge in [0.25, 0.3) is 11.6 Å². The molecule has 17 heavy (non-hydrogen) atoms. The van der Waals surface area contributed by atoms with Crippen LogP contribution in [-0.4, -0.2) is 23.4 Å². The van der Waals surface area contributed by atoms with Gasteiger partial charge in [-0.15, -0.1) is 0 Å². The molecule has 3 N–H and O–H groups in total. The maximum atomic E-state index is 13.1. The Balaban J connectivity index is 2.97. The van der Waals surface area contributed by atoms with Crippen LogP contribution in [0.3, 0.4) is 0 Å². The summed E-state index contributed by atoms with van der Waals surface area (Å²) in [4.78, 5) is 21.3. The zero-order chi connectivity index (χ0) is 13.0. The van der Waals surface area contributed by atoms with E-state index in [1.165, 1.54) is 0 Å². The molecule has 0 fully saturated rings. The molecule has 0 heterocycles. The van der Waals surface area contributed by atoms with Crippen LogP contribution < -0.4 is 11.1 Å². The van der Waals surface area contributed by atoms with Crippen molar-refractivity contribution >= 4 is 11.6 Å². The lowest BCUT2D eigenvalue weighted by atomic mass is 10.1. The average Bonchev–Trinajstić information content (AvgIpc) is 2.27. The molecule has 1 rings (SSSR count). The van der Waals surface area contributed by atoms with E-state index in [1.807, 2.05) is 0 Å². The lowest BCUT2D eigenvalue weighted by Crippen LogP contribution is -2.37. The van der Waals surface area contributed by atoms with E-state index >= 15 is 0 Å². The summed E-state index contributed by atoms with van der Waals surface area (Å²) in [5, 5.41) is 13.0. The van der Waals surface area contributed by atoms with Crippen molar-refractivity contribution < 1.29 is 14.1 Å². The molecule has 7 heteroatoms. The van der Waals surface area contributed by atoms with Crippen LogP contribution in [0.1, 0.15) is 17.3 Å². The van der Waals surface area contributed by atoms with Gasteiger partial charge < -0.3 is 11.1 Å². The number of benzene rings is 1. The van der Waals surface area contributed by atoms with Gasteiger partial charge in [-0.05, 0) is 13.0 Å². The normalized spacial score (nSPS) is 11.9. The van der Waals surface area contributed by atoms with Gasteiger partial charge in [0.05, 0.1) is 11.0 Å². The summed E-state index contributed by atoms with van der Waals surface area (Å²) < 4.78 is 13.1. The summed E-state index contributed by atoms with van der Waals surface area (Å²) >= 11 is 0. The van der Waals surface area contributed by atoms with Gasteiger partial charge in [0.1, 0.15) is 5.82 Å².